The molecule has 132 valence electrons. The van der Waals surface area contributed by atoms with Gasteiger partial charge in [0.2, 0.25) is 5.91 Å². The highest BCUT2D eigenvalue weighted by atomic mass is 79.9. The molecule has 26 heavy (non-hydrogen) atoms. The van der Waals surface area contributed by atoms with E-state index in [1.54, 1.807) is 24.3 Å². The number of carbonyl (C=O) groups is 2. The lowest BCUT2D eigenvalue weighted by Gasteiger charge is -2.05. The second kappa shape index (κ2) is 8.62. The van der Waals surface area contributed by atoms with Crippen molar-refractivity contribution in [2.24, 2.45) is 0 Å². The number of aromatic nitrogens is 1. The maximum atomic E-state index is 12.1. The van der Waals surface area contributed by atoms with Crippen molar-refractivity contribution in [1.29, 1.82) is 0 Å². The van der Waals surface area contributed by atoms with Gasteiger partial charge in [-0.25, -0.2) is 4.98 Å². The van der Waals surface area contributed by atoms with Crippen LogP contribution in [0.5, 0.6) is 0 Å². The highest BCUT2D eigenvalue weighted by molar-refractivity contribution is 9.10. The maximum absolute atomic E-state index is 12.1. The van der Waals surface area contributed by atoms with Crippen LogP contribution in [0, 0.1) is 0 Å². The lowest BCUT2D eigenvalue weighted by Crippen LogP contribution is -2.14. The van der Waals surface area contributed by atoms with Crippen LogP contribution >= 0.6 is 39.0 Å². The summed E-state index contributed by atoms with van der Waals surface area (Å²) in [6, 6.07) is 14.8. The van der Waals surface area contributed by atoms with Crippen LogP contribution < -0.4 is 5.32 Å². The van der Waals surface area contributed by atoms with Crippen molar-refractivity contribution in [3.63, 3.8) is 0 Å². The number of nitrogens with one attached hydrogen (secondary N) is 1. The second-order valence-corrected chi connectivity index (χ2v) is 8.47. The Bertz CT molecular complexity index is 921. The largest absolute Gasteiger partial charge is 0.325 e. The minimum Gasteiger partial charge on any atom is -0.325 e. The first-order valence-electron chi connectivity index (χ1n) is 7.76. The quantitative estimate of drug-likeness (QED) is 0.400. The molecule has 4 nitrogen and oxygen atoms in total. The van der Waals surface area contributed by atoms with Gasteiger partial charge >= 0.3 is 0 Å². The van der Waals surface area contributed by atoms with E-state index in [0.29, 0.717) is 11.3 Å². The van der Waals surface area contributed by atoms with Crippen LogP contribution in [0.3, 0.4) is 0 Å². The Balaban J connectivity index is 1.54. The molecule has 0 radical (unpaired) electrons. The highest BCUT2D eigenvalue weighted by Crippen LogP contribution is 2.29. The molecule has 0 aliphatic rings. The standard InChI is InChI=1S/C19H15BrN2O2S2/c1-12(23)13-4-8-16(9-5-13)21-18(24)11-26-19-22-17(10-25-19)14-2-6-15(20)7-3-14/h2-10H,11H2,1H3,(H,21,24). The zero-order valence-electron chi connectivity index (χ0n) is 13.9. The van der Waals surface area contributed by atoms with Crippen LogP contribution in [0.2, 0.25) is 0 Å². The molecule has 0 saturated carbocycles. The van der Waals surface area contributed by atoms with Crippen LogP contribution in [-0.2, 0) is 4.79 Å². The molecule has 7 heteroatoms. The Kier molecular flexibility index (Phi) is 6.24. The van der Waals surface area contributed by atoms with Crippen LogP contribution in [0.1, 0.15) is 17.3 Å². The summed E-state index contributed by atoms with van der Waals surface area (Å²) in [5.41, 5.74) is 3.26. The third-order valence-corrected chi connectivity index (χ3v) is 6.07. The number of hydrogen-bond acceptors (Lipinski definition) is 5. The number of amides is 1. The predicted molar refractivity (Wildman–Crippen MR) is 111 cm³/mol. The lowest BCUT2D eigenvalue weighted by molar-refractivity contribution is -0.113. The number of ketones is 1. The van der Waals surface area contributed by atoms with Crippen molar-refractivity contribution in [1.82, 2.24) is 4.98 Å². The Labute approximate surface area is 168 Å². The van der Waals surface area contributed by atoms with Gasteiger partial charge in [-0.2, -0.15) is 0 Å². The molecule has 3 rings (SSSR count). The Hall–Kier alpha value is -1.96. The van der Waals surface area contributed by atoms with Gasteiger partial charge in [0.15, 0.2) is 10.1 Å². The van der Waals surface area contributed by atoms with E-state index in [4.69, 9.17) is 0 Å². The Morgan fingerprint density at radius 2 is 1.81 bits per heavy atom. The number of carbonyl (C=O) groups excluding carboxylic acids is 2. The van der Waals surface area contributed by atoms with Gasteiger partial charge in [-0.1, -0.05) is 39.8 Å². The van der Waals surface area contributed by atoms with Crippen molar-refractivity contribution < 1.29 is 9.59 Å². The van der Waals surface area contributed by atoms with E-state index in [0.717, 1.165) is 20.1 Å². The third-order valence-electron chi connectivity index (χ3n) is 3.53. The van der Waals surface area contributed by atoms with E-state index in [1.165, 1.54) is 30.0 Å². The van der Waals surface area contributed by atoms with Crippen molar-refractivity contribution in [3.05, 3.63) is 63.9 Å². The normalized spacial score (nSPS) is 10.5. The smallest absolute Gasteiger partial charge is 0.234 e. The first-order valence-corrected chi connectivity index (χ1v) is 10.4. The highest BCUT2D eigenvalue weighted by Gasteiger charge is 2.09. The molecule has 0 bridgehead atoms. The molecular formula is C19H15BrN2O2S2. The summed E-state index contributed by atoms with van der Waals surface area (Å²) >= 11 is 6.35. The summed E-state index contributed by atoms with van der Waals surface area (Å²) < 4.78 is 1.88. The molecule has 2 aromatic carbocycles. The van der Waals surface area contributed by atoms with E-state index >= 15 is 0 Å². The van der Waals surface area contributed by atoms with Gasteiger partial charge < -0.3 is 5.32 Å². The van der Waals surface area contributed by atoms with Gasteiger partial charge in [-0.05, 0) is 43.3 Å². The average Bonchev–Trinajstić information content (AvgIpc) is 3.10. The SMILES string of the molecule is CC(=O)c1ccc(NC(=O)CSc2nc(-c3ccc(Br)cc3)cs2)cc1. The fourth-order valence-corrected chi connectivity index (χ4v) is 4.09. The molecule has 0 atom stereocenters. The predicted octanol–water partition coefficient (Wildman–Crippen LogP) is 5.51. The molecule has 1 heterocycles. The van der Waals surface area contributed by atoms with Gasteiger partial charge in [-0.15, -0.1) is 11.3 Å². The van der Waals surface area contributed by atoms with Crippen LogP contribution in [0.25, 0.3) is 11.3 Å². The van der Waals surface area contributed by atoms with E-state index < -0.39 is 0 Å². The first kappa shape index (κ1) is 18.8. The van der Waals surface area contributed by atoms with Crippen LogP contribution in [-0.4, -0.2) is 22.4 Å². The van der Waals surface area contributed by atoms with E-state index in [-0.39, 0.29) is 17.4 Å². The van der Waals surface area contributed by atoms with E-state index in [1.807, 2.05) is 29.6 Å². The minimum absolute atomic E-state index is 0.00350. The van der Waals surface area contributed by atoms with Gasteiger partial charge in [0.25, 0.3) is 0 Å². The Morgan fingerprint density at radius 1 is 1.12 bits per heavy atom. The fourth-order valence-electron chi connectivity index (χ4n) is 2.19. The molecule has 1 amide bonds. The number of thioether (sulfide) groups is 1. The number of anilines is 1. The van der Waals surface area contributed by atoms with Crippen molar-refractivity contribution in [2.45, 2.75) is 11.3 Å². The minimum atomic E-state index is -0.106. The molecule has 0 aliphatic heterocycles. The van der Waals surface area contributed by atoms with Crippen molar-refractivity contribution in [2.75, 3.05) is 11.1 Å². The molecule has 0 aliphatic carbocycles. The van der Waals surface area contributed by atoms with Crippen molar-refractivity contribution in [3.8, 4) is 11.3 Å². The number of benzene rings is 2. The molecule has 0 unspecified atom stereocenters. The second-order valence-electron chi connectivity index (χ2n) is 5.48. The Morgan fingerprint density at radius 3 is 2.46 bits per heavy atom. The number of Topliss-reactive ketones (excluding diaryl/α,β-unsaturated/α-hetero) is 1. The van der Waals surface area contributed by atoms with Gasteiger partial charge in [-0.3, -0.25) is 9.59 Å². The maximum Gasteiger partial charge on any atom is 0.234 e. The van der Waals surface area contributed by atoms with Gasteiger partial charge in [0.1, 0.15) is 0 Å². The number of nitrogens with zero attached hydrogens (tertiary/aromatic N) is 1. The van der Waals surface area contributed by atoms with Crippen LogP contribution in [0.4, 0.5) is 5.69 Å². The molecule has 0 saturated heterocycles. The number of thiazole rings is 1. The number of rotatable bonds is 6. The third kappa shape index (κ3) is 5.03. The fraction of sp³-hybridized carbons (Fsp3) is 0.105. The topological polar surface area (TPSA) is 59.1 Å². The first-order chi connectivity index (χ1) is 12.5. The molecule has 0 spiro atoms. The summed E-state index contributed by atoms with van der Waals surface area (Å²) in [4.78, 5) is 27.9. The number of halogens is 1. The summed E-state index contributed by atoms with van der Waals surface area (Å²) in [5, 5.41) is 4.81. The average molecular weight is 447 g/mol. The van der Waals surface area contributed by atoms with Gasteiger partial charge in [0, 0.05) is 26.7 Å². The van der Waals surface area contributed by atoms with E-state index in [2.05, 4.69) is 26.2 Å². The van der Waals surface area contributed by atoms with E-state index in [9.17, 15) is 9.59 Å². The summed E-state index contributed by atoms with van der Waals surface area (Å²) in [7, 11) is 0. The summed E-state index contributed by atoms with van der Waals surface area (Å²) in [6.45, 7) is 1.51. The summed E-state index contributed by atoms with van der Waals surface area (Å²) in [6.07, 6.45) is 0. The van der Waals surface area contributed by atoms with Crippen LogP contribution in [0.15, 0.2) is 62.7 Å². The molecular weight excluding hydrogens is 432 g/mol. The monoisotopic (exact) mass is 446 g/mol. The van der Waals surface area contributed by atoms with Crippen molar-refractivity contribution >= 4 is 56.4 Å². The molecule has 1 aromatic heterocycles. The zero-order valence-corrected chi connectivity index (χ0v) is 17.1. The molecule has 0 fully saturated rings. The molecule has 3 aromatic rings. The summed E-state index contributed by atoms with van der Waals surface area (Å²) in [5.74, 6) is 0.177. The molecule has 1 N–H and O–H groups in total. The van der Waals surface area contributed by atoms with Gasteiger partial charge in [0.05, 0.1) is 11.4 Å². The number of hydrogen-bond donors (Lipinski definition) is 1. The lowest BCUT2D eigenvalue weighted by atomic mass is 10.1. The zero-order chi connectivity index (χ0) is 18.5.